The first kappa shape index (κ1) is 22.1. The quantitative estimate of drug-likeness (QED) is 0.389. The Morgan fingerprint density at radius 2 is 1.73 bits per heavy atom. The number of rotatable bonds is 4. The van der Waals surface area contributed by atoms with Gasteiger partial charge in [0.05, 0.1) is 16.9 Å². The number of fused-ring (bicyclic) bond motifs is 1. The summed E-state index contributed by atoms with van der Waals surface area (Å²) in [5, 5.41) is 3.80. The van der Waals surface area contributed by atoms with Crippen molar-refractivity contribution in [1.82, 2.24) is 9.38 Å². The highest BCUT2D eigenvalue weighted by atomic mass is 35.5. The number of ketones is 1. The van der Waals surface area contributed by atoms with Gasteiger partial charge in [0.2, 0.25) is 5.91 Å². The average Bonchev–Trinajstić information content (AvgIpc) is 2.95. The van der Waals surface area contributed by atoms with E-state index in [1.165, 1.54) is 6.08 Å². The average molecular weight is 444 g/mol. The second kappa shape index (κ2) is 8.25. The molecular formula is C23H23Cl2N3O2. The minimum absolute atomic E-state index is 0.207. The number of halogens is 2. The molecule has 0 spiro atoms. The fourth-order valence-electron chi connectivity index (χ4n) is 2.89. The maximum atomic E-state index is 13.1. The van der Waals surface area contributed by atoms with Crippen LogP contribution in [0, 0.1) is 19.3 Å². The molecule has 0 fully saturated rings. The van der Waals surface area contributed by atoms with Gasteiger partial charge >= 0.3 is 0 Å². The van der Waals surface area contributed by atoms with Gasteiger partial charge in [0.25, 0.3) is 0 Å². The number of carbonyl (C=O) groups excluding carboxylic acids is 2. The number of hydrogen-bond acceptors (Lipinski definition) is 3. The second-order valence-electron chi connectivity index (χ2n) is 8.12. The number of anilines is 1. The SMILES string of the molecule is Cc1nc2c(NC(=O)C(C)(C)C)c(C(=O)C=Cc3c(Cl)cccc3Cl)ccn2c1C. The Bertz CT molecular complexity index is 1170. The first-order valence-electron chi connectivity index (χ1n) is 9.47. The van der Waals surface area contributed by atoms with Crippen LogP contribution in [0.1, 0.15) is 48.1 Å². The molecule has 7 heteroatoms. The number of imidazole rings is 1. The van der Waals surface area contributed by atoms with Crippen LogP contribution < -0.4 is 5.32 Å². The van der Waals surface area contributed by atoms with Crippen molar-refractivity contribution in [3.05, 3.63) is 69.1 Å². The van der Waals surface area contributed by atoms with Crippen LogP contribution in [-0.4, -0.2) is 21.1 Å². The predicted molar refractivity (Wildman–Crippen MR) is 123 cm³/mol. The van der Waals surface area contributed by atoms with E-state index in [0.29, 0.717) is 32.5 Å². The number of nitrogens with one attached hydrogen (secondary N) is 1. The van der Waals surface area contributed by atoms with E-state index in [1.54, 1.807) is 36.5 Å². The Morgan fingerprint density at radius 1 is 1.10 bits per heavy atom. The summed E-state index contributed by atoms with van der Waals surface area (Å²) in [4.78, 5) is 30.3. The molecule has 1 amide bonds. The largest absolute Gasteiger partial charge is 0.322 e. The highest BCUT2D eigenvalue weighted by Crippen LogP contribution is 2.29. The van der Waals surface area contributed by atoms with Crippen LogP contribution in [0.15, 0.2) is 36.5 Å². The Labute approximate surface area is 185 Å². The molecule has 0 atom stereocenters. The first-order valence-corrected chi connectivity index (χ1v) is 10.2. The lowest BCUT2D eigenvalue weighted by Gasteiger charge is -2.19. The molecule has 0 saturated carbocycles. The zero-order valence-corrected chi connectivity index (χ0v) is 19.0. The molecule has 30 heavy (non-hydrogen) atoms. The van der Waals surface area contributed by atoms with E-state index >= 15 is 0 Å². The number of aromatic nitrogens is 2. The Balaban J connectivity index is 2.10. The van der Waals surface area contributed by atoms with Gasteiger partial charge in [-0.1, -0.05) is 50.0 Å². The monoisotopic (exact) mass is 443 g/mol. The van der Waals surface area contributed by atoms with Crippen LogP contribution in [0.4, 0.5) is 5.69 Å². The minimum Gasteiger partial charge on any atom is -0.322 e. The summed E-state index contributed by atoms with van der Waals surface area (Å²) in [6.45, 7) is 9.26. The third kappa shape index (κ3) is 4.27. The molecule has 156 valence electrons. The van der Waals surface area contributed by atoms with Gasteiger partial charge in [-0.25, -0.2) is 4.98 Å². The summed E-state index contributed by atoms with van der Waals surface area (Å²) < 4.78 is 1.86. The number of allylic oxidation sites excluding steroid dienone is 1. The second-order valence-corrected chi connectivity index (χ2v) is 8.93. The molecular weight excluding hydrogens is 421 g/mol. The Morgan fingerprint density at radius 3 is 2.33 bits per heavy atom. The number of amides is 1. The van der Waals surface area contributed by atoms with Crippen LogP contribution in [0.5, 0.6) is 0 Å². The van der Waals surface area contributed by atoms with E-state index in [2.05, 4.69) is 10.3 Å². The van der Waals surface area contributed by atoms with Gasteiger partial charge in [0.1, 0.15) is 0 Å². The van der Waals surface area contributed by atoms with Crippen LogP contribution in [0.2, 0.25) is 10.0 Å². The fraction of sp³-hybridized carbons (Fsp3) is 0.261. The van der Waals surface area contributed by atoms with Crippen LogP contribution in [0.25, 0.3) is 11.7 Å². The number of carbonyl (C=O) groups is 2. The molecule has 2 heterocycles. The molecule has 0 unspecified atom stereocenters. The van der Waals surface area contributed by atoms with E-state index in [-0.39, 0.29) is 11.7 Å². The first-order chi connectivity index (χ1) is 14.0. The van der Waals surface area contributed by atoms with E-state index in [0.717, 1.165) is 11.4 Å². The molecule has 0 aliphatic carbocycles. The van der Waals surface area contributed by atoms with Crippen molar-refractivity contribution in [2.24, 2.45) is 5.41 Å². The minimum atomic E-state index is -0.634. The summed E-state index contributed by atoms with van der Waals surface area (Å²) >= 11 is 12.4. The number of aryl methyl sites for hydroxylation is 2. The summed E-state index contributed by atoms with van der Waals surface area (Å²) in [5.74, 6) is -0.503. The lowest BCUT2D eigenvalue weighted by molar-refractivity contribution is -0.123. The molecule has 3 rings (SSSR count). The normalized spacial score (nSPS) is 12.0. The third-order valence-electron chi connectivity index (χ3n) is 4.86. The van der Waals surface area contributed by atoms with Gasteiger partial charge in [-0.15, -0.1) is 0 Å². The van der Waals surface area contributed by atoms with E-state index in [4.69, 9.17) is 23.2 Å². The number of hydrogen-bond donors (Lipinski definition) is 1. The van der Waals surface area contributed by atoms with E-state index in [9.17, 15) is 9.59 Å². The summed E-state index contributed by atoms with van der Waals surface area (Å²) in [7, 11) is 0. The van der Waals surface area contributed by atoms with Crippen molar-refractivity contribution in [3.8, 4) is 0 Å². The van der Waals surface area contributed by atoms with E-state index < -0.39 is 5.41 Å². The highest BCUT2D eigenvalue weighted by molar-refractivity contribution is 6.37. The predicted octanol–water partition coefficient (Wildman–Crippen LogP) is 6.14. The lowest BCUT2D eigenvalue weighted by Crippen LogP contribution is -2.28. The summed E-state index contributed by atoms with van der Waals surface area (Å²) in [6.07, 6.45) is 4.75. The smallest absolute Gasteiger partial charge is 0.229 e. The molecule has 2 aromatic heterocycles. The van der Waals surface area contributed by atoms with Gasteiger partial charge in [-0.2, -0.15) is 0 Å². The zero-order valence-electron chi connectivity index (χ0n) is 17.5. The molecule has 3 aromatic rings. The molecule has 0 aliphatic heterocycles. The van der Waals surface area contributed by atoms with Gasteiger partial charge in [0.15, 0.2) is 11.4 Å². The van der Waals surface area contributed by atoms with Crippen molar-refractivity contribution < 1.29 is 9.59 Å². The van der Waals surface area contributed by atoms with Crippen molar-refractivity contribution in [1.29, 1.82) is 0 Å². The van der Waals surface area contributed by atoms with Crippen molar-refractivity contribution in [2.45, 2.75) is 34.6 Å². The standard InChI is InChI=1S/C23H23Cl2N3O2/c1-13-14(2)28-12-11-16(20(21(28)26-13)27-22(30)23(3,4)5)19(29)10-9-15-17(24)7-6-8-18(15)25/h6-12H,1-5H3,(H,27,30). The maximum Gasteiger partial charge on any atom is 0.229 e. The molecule has 0 radical (unpaired) electrons. The molecule has 0 bridgehead atoms. The Hall–Kier alpha value is -2.63. The van der Waals surface area contributed by atoms with Crippen molar-refractivity contribution in [2.75, 3.05) is 5.32 Å². The Kier molecular flexibility index (Phi) is 6.06. The fourth-order valence-corrected chi connectivity index (χ4v) is 3.41. The molecule has 0 aliphatic rings. The topological polar surface area (TPSA) is 63.5 Å². The van der Waals surface area contributed by atoms with Crippen LogP contribution >= 0.6 is 23.2 Å². The number of pyridine rings is 1. The highest BCUT2D eigenvalue weighted by Gasteiger charge is 2.25. The maximum absolute atomic E-state index is 13.1. The summed E-state index contributed by atoms with van der Waals surface area (Å²) in [6, 6.07) is 6.82. The molecule has 1 N–H and O–H groups in total. The van der Waals surface area contributed by atoms with Crippen molar-refractivity contribution in [3.63, 3.8) is 0 Å². The third-order valence-corrected chi connectivity index (χ3v) is 5.52. The molecule has 1 aromatic carbocycles. The van der Waals surface area contributed by atoms with Crippen molar-refractivity contribution >= 4 is 52.3 Å². The molecule has 5 nitrogen and oxygen atoms in total. The molecule has 0 saturated heterocycles. The van der Waals surface area contributed by atoms with Gasteiger partial charge in [-0.05, 0) is 44.2 Å². The van der Waals surface area contributed by atoms with Gasteiger partial charge < -0.3 is 9.72 Å². The zero-order chi connectivity index (χ0) is 22.2. The van der Waals surface area contributed by atoms with E-state index in [1.807, 2.05) is 39.0 Å². The number of benzene rings is 1. The van der Waals surface area contributed by atoms with Gasteiger partial charge in [-0.3, -0.25) is 9.59 Å². The summed E-state index contributed by atoms with van der Waals surface area (Å²) in [5.41, 5.74) is 2.93. The number of nitrogens with zero attached hydrogens (tertiary/aromatic N) is 2. The van der Waals surface area contributed by atoms with Crippen LogP contribution in [0.3, 0.4) is 0 Å². The van der Waals surface area contributed by atoms with Gasteiger partial charge in [0, 0.05) is 32.9 Å². The lowest BCUT2D eigenvalue weighted by atomic mass is 9.95. The van der Waals surface area contributed by atoms with Crippen LogP contribution in [-0.2, 0) is 4.79 Å².